The zero-order valence-electron chi connectivity index (χ0n) is 34.8. The smallest absolute Gasteiger partial charge is 0.223 e. The van der Waals surface area contributed by atoms with Crippen molar-refractivity contribution < 1.29 is 14.0 Å². The van der Waals surface area contributed by atoms with Crippen molar-refractivity contribution in [2.75, 3.05) is 5.32 Å². The zero-order valence-corrected chi connectivity index (χ0v) is 35.8. The average Bonchev–Trinajstić information content (AvgIpc) is 3.78. The Hall–Kier alpha value is -5.43. The van der Waals surface area contributed by atoms with Crippen molar-refractivity contribution in [3.63, 3.8) is 0 Å². The van der Waals surface area contributed by atoms with E-state index < -0.39 is 13.9 Å². The molecule has 2 N–H and O–H groups in total. The van der Waals surface area contributed by atoms with Crippen LogP contribution in [0.5, 0.6) is 5.75 Å². The fourth-order valence-electron chi connectivity index (χ4n) is 8.37. The molecule has 1 fully saturated rings. The van der Waals surface area contributed by atoms with Crippen LogP contribution in [0.4, 0.5) is 5.69 Å². The average molecular weight is 785 g/mol. The summed E-state index contributed by atoms with van der Waals surface area (Å²) in [6, 6.07) is 45.0. The van der Waals surface area contributed by atoms with E-state index in [9.17, 15) is 4.79 Å². The third-order valence-corrected chi connectivity index (χ3v) is 17.2. The number of benzene rings is 5. The first-order chi connectivity index (χ1) is 27.9. The Morgan fingerprint density at radius 1 is 0.776 bits per heavy atom. The molecule has 5 aromatic carbocycles. The Bertz CT molecular complexity index is 2330. The molecule has 5 aromatic rings. The molecular weight excluding hydrogens is 729 g/mol. The Morgan fingerprint density at radius 2 is 1.40 bits per heavy atom. The highest BCUT2D eigenvalue weighted by Gasteiger charge is 2.39. The van der Waals surface area contributed by atoms with Crippen LogP contribution in [-0.2, 0) is 21.4 Å². The predicted molar refractivity (Wildman–Crippen MR) is 240 cm³/mol. The van der Waals surface area contributed by atoms with Crippen LogP contribution in [0.2, 0.25) is 18.1 Å². The minimum Gasteiger partial charge on any atom is -0.456 e. The lowest BCUT2D eigenvalue weighted by molar-refractivity contribution is -0.125. The van der Waals surface area contributed by atoms with E-state index in [-0.39, 0.29) is 22.9 Å². The number of rotatable bonds is 11. The fraction of sp³-hybridized carbons (Fsp3) is 0.288. The summed E-state index contributed by atoms with van der Waals surface area (Å²) in [6.07, 6.45) is 10.5. The number of amides is 1. The molecule has 1 atom stereocenters. The largest absolute Gasteiger partial charge is 0.456 e. The second kappa shape index (κ2) is 16.1. The maximum atomic E-state index is 13.3. The number of hydrogen-bond donors (Lipinski definition) is 2. The number of aryl methyl sites for hydroxylation is 1. The van der Waals surface area contributed by atoms with Gasteiger partial charge in [-0.3, -0.25) is 4.79 Å². The maximum absolute atomic E-state index is 13.3. The van der Waals surface area contributed by atoms with E-state index >= 15 is 0 Å². The summed E-state index contributed by atoms with van der Waals surface area (Å²) in [5, 5.41) is 7.46. The number of allylic oxidation sites excluding steroid dienone is 1. The van der Waals surface area contributed by atoms with Crippen molar-refractivity contribution in [3.8, 4) is 5.75 Å². The molecule has 0 bridgehead atoms. The Balaban J connectivity index is 1.25. The van der Waals surface area contributed by atoms with E-state index in [2.05, 4.69) is 197 Å². The lowest BCUT2D eigenvalue weighted by atomic mass is 9.76. The van der Waals surface area contributed by atoms with Crippen LogP contribution in [0, 0.1) is 12.8 Å². The molecule has 3 aliphatic rings. The van der Waals surface area contributed by atoms with Crippen LogP contribution in [0.3, 0.4) is 0 Å². The predicted octanol–water partition coefficient (Wildman–Crippen LogP) is 12.2. The van der Waals surface area contributed by atoms with Gasteiger partial charge < -0.3 is 19.8 Å². The number of hydrogen-bond acceptors (Lipinski definition) is 4. The molecule has 2 aliphatic carbocycles. The molecule has 0 aromatic heterocycles. The van der Waals surface area contributed by atoms with Crippen molar-refractivity contribution in [1.82, 2.24) is 5.32 Å². The summed E-state index contributed by atoms with van der Waals surface area (Å²) >= 11 is 0. The van der Waals surface area contributed by atoms with Crippen LogP contribution >= 0.6 is 0 Å². The summed E-state index contributed by atoms with van der Waals surface area (Å²) in [7, 11) is -2.03. The lowest BCUT2D eigenvalue weighted by Gasteiger charge is -2.38. The minimum atomic E-state index is -2.03. The number of carbonyl (C=O) groups excluding carboxylic acids is 1. The normalized spacial score (nSPS) is 16.9. The first kappa shape index (κ1) is 39.4. The zero-order chi connectivity index (χ0) is 40.5. The van der Waals surface area contributed by atoms with Crippen molar-refractivity contribution in [2.45, 2.75) is 89.7 Å². The molecule has 0 radical (unpaired) electrons. The van der Waals surface area contributed by atoms with E-state index in [0.29, 0.717) is 6.61 Å². The molecule has 1 amide bonds. The molecule has 0 spiro atoms. The van der Waals surface area contributed by atoms with E-state index in [0.717, 1.165) is 87.4 Å². The van der Waals surface area contributed by atoms with E-state index in [1.807, 2.05) is 0 Å². The Morgan fingerprint density at radius 3 is 2.05 bits per heavy atom. The number of carbonyl (C=O) groups is 1. The number of nitrogens with one attached hydrogen (secondary N) is 2. The standard InChI is InChI=1S/C52H56N2O3Si/c1-36-25-27-41(28-26-36)52(39-20-9-7-10-21-39,40-22-11-8-12-23-40)54-43-30-32-46-48(34-43)57-47-33-42(53-50(55)37-17-13-14-18-37)29-31-45(47)49(46)44-24-16-15-19-38(44)35-56-58(5,6)51(2,3)4/h7-12,15-16,19-34,37,42,54H,13-14,17-18,35H2,1-6H3,(H,53,55). The molecule has 1 unspecified atom stereocenters. The highest BCUT2D eigenvalue weighted by Crippen LogP contribution is 2.47. The fourth-order valence-corrected chi connectivity index (χ4v) is 9.32. The minimum absolute atomic E-state index is 0.0803. The van der Waals surface area contributed by atoms with Crippen molar-refractivity contribution in [1.29, 1.82) is 0 Å². The van der Waals surface area contributed by atoms with Gasteiger partial charge in [-0.2, -0.15) is 0 Å². The van der Waals surface area contributed by atoms with Gasteiger partial charge in [0.2, 0.25) is 5.91 Å². The number of anilines is 1. The molecule has 1 saturated carbocycles. The molecular formula is C52H56N2O3Si. The van der Waals surface area contributed by atoms with Gasteiger partial charge in [-0.25, -0.2) is 0 Å². The number of ether oxygens (including phenoxy) is 1. The maximum Gasteiger partial charge on any atom is 0.223 e. The van der Waals surface area contributed by atoms with Gasteiger partial charge in [0.05, 0.1) is 12.6 Å². The highest BCUT2D eigenvalue weighted by molar-refractivity contribution is 6.74. The van der Waals surface area contributed by atoms with Crippen LogP contribution in [0.1, 0.15) is 85.4 Å². The second-order valence-electron chi connectivity index (χ2n) is 17.7. The molecule has 1 heterocycles. The van der Waals surface area contributed by atoms with E-state index in [4.69, 9.17) is 9.16 Å². The van der Waals surface area contributed by atoms with E-state index in [1.165, 1.54) is 5.56 Å². The van der Waals surface area contributed by atoms with Gasteiger partial charge in [0.1, 0.15) is 17.0 Å². The summed E-state index contributed by atoms with van der Waals surface area (Å²) in [4.78, 5) is 13.3. The van der Waals surface area contributed by atoms with Crippen molar-refractivity contribution >= 4 is 25.5 Å². The monoisotopic (exact) mass is 784 g/mol. The third kappa shape index (κ3) is 7.76. The van der Waals surface area contributed by atoms with Crippen LogP contribution in [-0.4, -0.2) is 20.3 Å². The van der Waals surface area contributed by atoms with Gasteiger partial charge in [-0.1, -0.05) is 161 Å². The van der Waals surface area contributed by atoms with Gasteiger partial charge in [0.25, 0.3) is 0 Å². The SMILES string of the molecule is Cc1ccc(C(Nc2ccc3c(c2)OC2=CC(NC(=O)C4CCCC4)C=CC2=C3c2ccccc2CO[Si](C)(C)C(C)(C)C)(c2ccccc2)c2ccccc2)cc1. The molecule has 5 nitrogen and oxygen atoms in total. The van der Waals surface area contributed by atoms with Crippen molar-refractivity contribution in [3.05, 3.63) is 196 Å². The first-order valence-electron chi connectivity index (χ1n) is 20.9. The summed E-state index contributed by atoms with van der Waals surface area (Å²) in [6.45, 7) is 14.1. The first-order valence-corrected chi connectivity index (χ1v) is 23.8. The quantitative estimate of drug-likeness (QED) is 0.103. The van der Waals surface area contributed by atoms with E-state index in [1.54, 1.807) is 0 Å². The van der Waals surface area contributed by atoms with Crippen LogP contribution in [0.25, 0.3) is 5.57 Å². The van der Waals surface area contributed by atoms with Gasteiger partial charge in [-0.15, -0.1) is 0 Å². The topological polar surface area (TPSA) is 59.6 Å². The van der Waals surface area contributed by atoms with Gasteiger partial charge >= 0.3 is 0 Å². The molecule has 58 heavy (non-hydrogen) atoms. The molecule has 0 saturated heterocycles. The molecule has 8 rings (SSSR count). The molecule has 6 heteroatoms. The van der Waals surface area contributed by atoms with Gasteiger partial charge in [-0.05, 0) is 83.9 Å². The Kier molecular flexibility index (Phi) is 10.9. The van der Waals surface area contributed by atoms with Crippen molar-refractivity contribution in [2.24, 2.45) is 5.92 Å². The van der Waals surface area contributed by atoms with Crippen LogP contribution in [0.15, 0.2) is 157 Å². The summed E-state index contributed by atoms with van der Waals surface area (Å²) in [5.74, 6) is 1.71. The third-order valence-electron chi connectivity index (χ3n) is 12.8. The molecule has 1 aliphatic heterocycles. The highest BCUT2D eigenvalue weighted by atomic mass is 28.4. The lowest BCUT2D eigenvalue weighted by Crippen LogP contribution is -2.40. The van der Waals surface area contributed by atoms with Crippen LogP contribution < -0.4 is 15.4 Å². The van der Waals surface area contributed by atoms with Gasteiger partial charge in [0.15, 0.2) is 8.32 Å². The van der Waals surface area contributed by atoms with Gasteiger partial charge in [0, 0.05) is 34.4 Å². The summed E-state index contributed by atoms with van der Waals surface area (Å²) in [5.41, 5.74) is 10.2. The molecule has 296 valence electrons. The summed E-state index contributed by atoms with van der Waals surface area (Å²) < 4.78 is 13.8. The number of fused-ring (bicyclic) bond motifs is 2. The Labute approximate surface area is 346 Å². The second-order valence-corrected chi connectivity index (χ2v) is 22.5.